The molecule has 1 aliphatic heterocycles. The van der Waals surface area contributed by atoms with E-state index < -0.39 is 18.3 Å². The third-order valence-electron chi connectivity index (χ3n) is 6.84. The predicted molar refractivity (Wildman–Crippen MR) is 134 cm³/mol. The van der Waals surface area contributed by atoms with Gasteiger partial charge in [0.1, 0.15) is 12.2 Å². The molecule has 6 nitrogen and oxygen atoms in total. The van der Waals surface area contributed by atoms with Crippen molar-refractivity contribution in [2.45, 2.75) is 64.7 Å². The van der Waals surface area contributed by atoms with E-state index in [-0.39, 0.29) is 31.2 Å². The largest absolute Gasteiger partial charge is 0.343 e. The van der Waals surface area contributed by atoms with Crippen molar-refractivity contribution in [2.24, 2.45) is 0 Å². The van der Waals surface area contributed by atoms with Crippen LogP contribution >= 0.6 is 0 Å². The van der Waals surface area contributed by atoms with Crippen molar-refractivity contribution >= 4 is 11.8 Å². The van der Waals surface area contributed by atoms with E-state index in [0.29, 0.717) is 5.92 Å². The Balaban J connectivity index is 1.56. The maximum atomic E-state index is 14.5. The summed E-state index contributed by atoms with van der Waals surface area (Å²) in [7, 11) is 0. The first-order chi connectivity index (χ1) is 16.7. The number of carbonyl (C=O) groups is 2. The van der Waals surface area contributed by atoms with Crippen molar-refractivity contribution in [3.05, 3.63) is 88.2 Å². The molecule has 2 heterocycles. The van der Waals surface area contributed by atoms with Gasteiger partial charge in [0, 0.05) is 17.7 Å². The number of benzene rings is 2. The predicted octanol–water partition coefficient (Wildman–Crippen LogP) is 4.54. The average molecular weight is 477 g/mol. The highest BCUT2D eigenvalue weighted by atomic mass is 19.1. The van der Waals surface area contributed by atoms with Gasteiger partial charge in [-0.25, -0.2) is 4.39 Å². The van der Waals surface area contributed by atoms with E-state index in [1.165, 1.54) is 10.5 Å². The number of aromatic nitrogens is 2. The molecule has 1 fully saturated rings. The van der Waals surface area contributed by atoms with E-state index >= 15 is 0 Å². The van der Waals surface area contributed by atoms with Crippen LogP contribution in [0.25, 0.3) is 0 Å². The highest BCUT2D eigenvalue weighted by Gasteiger charge is 2.40. The molecular formula is C28H33FN4O2. The maximum absolute atomic E-state index is 14.5. The molecule has 184 valence electrons. The smallest absolute Gasteiger partial charge is 0.243 e. The number of nitrogens with one attached hydrogen (secondary N) is 2. The number of carbonyl (C=O) groups excluding carboxylic acids is 2. The van der Waals surface area contributed by atoms with Gasteiger partial charge < -0.3 is 10.2 Å². The number of hydrogen-bond donors (Lipinski definition) is 2. The lowest BCUT2D eigenvalue weighted by molar-refractivity contribution is -0.138. The van der Waals surface area contributed by atoms with Crippen LogP contribution in [0.1, 0.15) is 65.9 Å². The lowest BCUT2D eigenvalue weighted by atomic mass is 9.95. The van der Waals surface area contributed by atoms with Gasteiger partial charge in [-0.1, -0.05) is 68.4 Å². The number of nitrogens with zero attached hydrogens (tertiary/aromatic N) is 2. The van der Waals surface area contributed by atoms with Gasteiger partial charge >= 0.3 is 0 Å². The summed E-state index contributed by atoms with van der Waals surface area (Å²) in [5, 5.41) is 10.1. The standard InChI is InChI=1S/C28H33FN4O2/c1-17(2)20-10-12-22(13-11-20)27(21-8-6-5-7-9-21)30-28(35)25-14-23(29)16-33(25)26(34)15-24-18(3)31-32-19(24)4/h5-13,17,23,25,27H,14-16H2,1-4H3,(H,30,35)(H,31,32). The number of aromatic amines is 1. The van der Waals surface area contributed by atoms with Gasteiger partial charge in [0.25, 0.3) is 0 Å². The van der Waals surface area contributed by atoms with E-state index in [4.69, 9.17) is 0 Å². The fraction of sp³-hybridized carbons (Fsp3) is 0.393. The van der Waals surface area contributed by atoms with Gasteiger partial charge in [0.05, 0.1) is 24.7 Å². The summed E-state index contributed by atoms with van der Waals surface area (Å²) in [6.07, 6.45) is -1.15. The van der Waals surface area contributed by atoms with Crippen LogP contribution in [0.15, 0.2) is 54.6 Å². The molecule has 0 spiro atoms. The first-order valence-corrected chi connectivity index (χ1v) is 12.1. The Labute approximate surface area is 205 Å². The first kappa shape index (κ1) is 24.6. The molecule has 2 N–H and O–H groups in total. The van der Waals surface area contributed by atoms with Crippen LogP contribution in [0.4, 0.5) is 4.39 Å². The van der Waals surface area contributed by atoms with E-state index in [1.54, 1.807) is 0 Å². The summed E-state index contributed by atoms with van der Waals surface area (Å²) < 4.78 is 14.5. The lowest BCUT2D eigenvalue weighted by Gasteiger charge is -2.27. The number of alkyl halides is 1. The highest BCUT2D eigenvalue weighted by molar-refractivity contribution is 5.89. The SMILES string of the molecule is Cc1n[nH]c(C)c1CC(=O)N1CC(F)CC1C(=O)NC(c1ccccc1)c1ccc(C(C)C)cc1. The van der Waals surface area contributed by atoms with E-state index in [0.717, 1.165) is 28.1 Å². The maximum Gasteiger partial charge on any atom is 0.243 e. The molecule has 1 aliphatic rings. The number of likely N-dealkylation sites (tertiary alicyclic amines) is 1. The van der Waals surface area contributed by atoms with Crippen molar-refractivity contribution < 1.29 is 14.0 Å². The summed E-state index contributed by atoms with van der Waals surface area (Å²) in [6.45, 7) is 7.87. The number of halogens is 1. The molecule has 0 bridgehead atoms. The fourth-order valence-corrected chi connectivity index (χ4v) is 4.71. The molecule has 7 heteroatoms. The Morgan fingerprint density at radius 1 is 1.06 bits per heavy atom. The van der Waals surface area contributed by atoms with Crippen molar-refractivity contribution in [1.82, 2.24) is 20.4 Å². The molecule has 4 rings (SSSR count). The van der Waals surface area contributed by atoms with Gasteiger partial charge in [-0.3, -0.25) is 14.7 Å². The molecule has 1 aromatic heterocycles. The molecule has 3 aromatic rings. The normalized spacial score (nSPS) is 18.6. The summed E-state index contributed by atoms with van der Waals surface area (Å²) in [5.41, 5.74) is 5.42. The molecule has 0 radical (unpaired) electrons. The Morgan fingerprint density at radius 3 is 2.29 bits per heavy atom. The van der Waals surface area contributed by atoms with Gasteiger partial charge in [0.2, 0.25) is 11.8 Å². The molecule has 35 heavy (non-hydrogen) atoms. The molecule has 2 aromatic carbocycles. The first-order valence-electron chi connectivity index (χ1n) is 12.1. The zero-order valence-electron chi connectivity index (χ0n) is 20.7. The topological polar surface area (TPSA) is 78.1 Å². The van der Waals surface area contributed by atoms with Crippen LogP contribution in [0, 0.1) is 13.8 Å². The second kappa shape index (κ2) is 10.4. The van der Waals surface area contributed by atoms with Gasteiger partial charge in [0.15, 0.2) is 0 Å². The summed E-state index contributed by atoms with van der Waals surface area (Å²) in [5.74, 6) is -0.216. The van der Waals surface area contributed by atoms with Crippen LogP contribution in [0.5, 0.6) is 0 Å². The average Bonchev–Trinajstić information content (AvgIpc) is 3.40. The van der Waals surface area contributed by atoms with Crippen LogP contribution in [0.2, 0.25) is 0 Å². The second-order valence-corrected chi connectivity index (χ2v) is 9.66. The third kappa shape index (κ3) is 5.45. The van der Waals surface area contributed by atoms with Crippen molar-refractivity contribution in [1.29, 1.82) is 0 Å². The molecule has 0 saturated carbocycles. The van der Waals surface area contributed by atoms with Gasteiger partial charge in [-0.05, 0) is 36.5 Å². The molecule has 1 saturated heterocycles. The Hall–Kier alpha value is -3.48. The van der Waals surface area contributed by atoms with E-state index in [1.807, 2.05) is 56.3 Å². The van der Waals surface area contributed by atoms with Crippen LogP contribution < -0.4 is 5.32 Å². The third-order valence-corrected chi connectivity index (χ3v) is 6.84. The van der Waals surface area contributed by atoms with E-state index in [2.05, 4.69) is 41.5 Å². The zero-order chi connectivity index (χ0) is 25.1. The number of H-pyrrole nitrogens is 1. The zero-order valence-corrected chi connectivity index (χ0v) is 20.7. The number of hydrogen-bond acceptors (Lipinski definition) is 3. The molecule has 3 unspecified atom stereocenters. The fourth-order valence-electron chi connectivity index (χ4n) is 4.71. The number of amides is 2. The summed E-state index contributed by atoms with van der Waals surface area (Å²) >= 11 is 0. The minimum absolute atomic E-state index is 0.00524. The lowest BCUT2D eigenvalue weighted by Crippen LogP contribution is -2.47. The van der Waals surface area contributed by atoms with Crippen LogP contribution in [0.3, 0.4) is 0 Å². The minimum atomic E-state index is -1.23. The quantitative estimate of drug-likeness (QED) is 0.526. The number of aryl methyl sites for hydroxylation is 2. The monoisotopic (exact) mass is 476 g/mol. The Kier molecular flexibility index (Phi) is 7.34. The minimum Gasteiger partial charge on any atom is -0.343 e. The Bertz CT molecular complexity index is 1150. The van der Waals surface area contributed by atoms with E-state index in [9.17, 15) is 14.0 Å². The molecule has 3 atom stereocenters. The van der Waals surface area contributed by atoms with Gasteiger partial charge in [-0.15, -0.1) is 0 Å². The number of rotatable bonds is 7. The van der Waals surface area contributed by atoms with Crippen LogP contribution in [-0.2, 0) is 16.0 Å². The second-order valence-electron chi connectivity index (χ2n) is 9.66. The van der Waals surface area contributed by atoms with Crippen LogP contribution in [-0.4, -0.2) is 45.7 Å². The van der Waals surface area contributed by atoms with Gasteiger partial charge in [-0.2, -0.15) is 5.10 Å². The van der Waals surface area contributed by atoms with Crippen molar-refractivity contribution in [2.75, 3.05) is 6.54 Å². The Morgan fingerprint density at radius 2 is 1.69 bits per heavy atom. The highest BCUT2D eigenvalue weighted by Crippen LogP contribution is 2.27. The molecule has 2 amide bonds. The molecule has 0 aliphatic carbocycles. The van der Waals surface area contributed by atoms with Crippen molar-refractivity contribution in [3.8, 4) is 0 Å². The van der Waals surface area contributed by atoms with Crippen molar-refractivity contribution in [3.63, 3.8) is 0 Å². The summed E-state index contributed by atoms with van der Waals surface area (Å²) in [4.78, 5) is 28.0. The molecular weight excluding hydrogens is 443 g/mol. The summed E-state index contributed by atoms with van der Waals surface area (Å²) in [6, 6.07) is 16.6.